The molecule has 0 nitrogen and oxygen atoms in total. The van der Waals surface area contributed by atoms with Gasteiger partial charge in [-0.15, -0.1) is 0 Å². The van der Waals surface area contributed by atoms with Crippen molar-refractivity contribution in [2.75, 3.05) is 0 Å². The molecule has 0 saturated heterocycles. The van der Waals surface area contributed by atoms with Crippen molar-refractivity contribution in [1.82, 2.24) is 0 Å². The first kappa shape index (κ1) is 11.0. The highest BCUT2D eigenvalue weighted by Crippen LogP contribution is 2.35. The van der Waals surface area contributed by atoms with E-state index >= 15 is 0 Å². The zero-order valence-electron chi connectivity index (χ0n) is 11.1. The Labute approximate surface area is 114 Å². The first-order valence-electron chi connectivity index (χ1n) is 7.33. The molecule has 0 heterocycles. The average molecular weight is 246 g/mol. The molecule has 1 aliphatic carbocycles. The molecule has 3 aromatic carbocycles. The molecular formula is C19H18. The number of rotatable bonds is 1. The van der Waals surface area contributed by atoms with Gasteiger partial charge in [0.1, 0.15) is 0 Å². The summed E-state index contributed by atoms with van der Waals surface area (Å²) in [5, 5.41) is 5.44. The Balaban J connectivity index is 1.89. The Morgan fingerprint density at radius 2 is 1.26 bits per heavy atom. The molecule has 0 heteroatoms. The fraction of sp³-hybridized carbons (Fsp3) is 0.263. The van der Waals surface area contributed by atoms with E-state index in [9.17, 15) is 0 Å². The van der Waals surface area contributed by atoms with Gasteiger partial charge < -0.3 is 0 Å². The van der Waals surface area contributed by atoms with E-state index in [-0.39, 0.29) is 0 Å². The molecule has 0 bridgehead atoms. The van der Waals surface area contributed by atoms with Crippen LogP contribution in [0.15, 0.2) is 54.6 Å². The van der Waals surface area contributed by atoms with Crippen molar-refractivity contribution < 1.29 is 0 Å². The van der Waals surface area contributed by atoms with E-state index in [1.165, 1.54) is 47.2 Å². The van der Waals surface area contributed by atoms with Crippen molar-refractivity contribution in [2.24, 2.45) is 0 Å². The number of benzene rings is 3. The van der Waals surface area contributed by atoms with Crippen molar-refractivity contribution in [3.63, 3.8) is 0 Å². The molecule has 1 fully saturated rings. The monoisotopic (exact) mass is 246 g/mol. The minimum absolute atomic E-state index is 0.802. The van der Waals surface area contributed by atoms with Crippen molar-refractivity contribution in [3.05, 3.63) is 60.2 Å². The second-order valence-corrected chi connectivity index (χ2v) is 5.79. The van der Waals surface area contributed by atoms with Crippen LogP contribution in [-0.4, -0.2) is 0 Å². The van der Waals surface area contributed by atoms with Crippen LogP contribution >= 0.6 is 0 Å². The van der Waals surface area contributed by atoms with E-state index in [0.29, 0.717) is 0 Å². The van der Waals surface area contributed by atoms with Gasteiger partial charge in [-0.05, 0) is 58.0 Å². The van der Waals surface area contributed by atoms with Gasteiger partial charge in [-0.1, -0.05) is 55.3 Å². The SMILES string of the molecule is c1ccc2cc3cc(C4CCCC4)ccc3cc2c1. The summed E-state index contributed by atoms with van der Waals surface area (Å²) in [4.78, 5) is 0. The van der Waals surface area contributed by atoms with Crippen molar-refractivity contribution >= 4 is 21.5 Å². The predicted molar refractivity (Wildman–Crippen MR) is 82.7 cm³/mol. The van der Waals surface area contributed by atoms with Gasteiger partial charge in [0.05, 0.1) is 0 Å². The molecule has 0 atom stereocenters. The van der Waals surface area contributed by atoms with E-state index in [1.807, 2.05) is 0 Å². The summed E-state index contributed by atoms with van der Waals surface area (Å²) in [5.74, 6) is 0.802. The summed E-state index contributed by atoms with van der Waals surface area (Å²) in [6.07, 6.45) is 5.55. The largest absolute Gasteiger partial charge is 0.0616 e. The maximum absolute atomic E-state index is 2.41. The topological polar surface area (TPSA) is 0 Å². The van der Waals surface area contributed by atoms with E-state index in [4.69, 9.17) is 0 Å². The van der Waals surface area contributed by atoms with E-state index in [0.717, 1.165) is 5.92 Å². The fourth-order valence-electron chi connectivity index (χ4n) is 3.47. The van der Waals surface area contributed by atoms with Gasteiger partial charge in [0.15, 0.2) is 0 Å². The molecule has 94 valence electrons. The van der Waals surface area contributed by atoms with E-state index < -0.39 is 0 Å². The van der Waals surface area contributed by atoms with Gasteiger partial charge in [-0.2, -0.15) is 0 Å². The lowest BCUT2D eigenvalue weighted by molar-refractivity contribution is 0.724. The van der Waals surface area contributed by atoms with E-state index in [1.54, 1.807) is 5.56 Å². The van der Waals surface area contributed by atoms with Crippen LogP contribution < -0.4 is 0 Å². The predicted octanol–water partition coefficient (Wildman–Crippen LogP) is 5.65. The Bertz CT molecular complexity index is 733. The van der Waals surface area contributed by atoms with Crippen molar-refractivity contribution in [3.8, 4) is 0 Å². The van der Waals surface area contributed by atoms with Crippen LogP contribution in [0.25, 0.3) is 21.5 Å². The molecule has 0 spiro atoms. The summed E-state index contributed by atoms with van der Waals surface area (Å²) in [7, 11) is 0. The Morgan fingerprint density at radius 1 is 0.632 bits per heavy atom. The summed E-state index contributed by atoms with van der Waals surface area (Å²) < 4.78 is 0. The summed E-state index contributed by atoms with van der Waals surface area (Å²) in [5.41, 5.74) is 1.54. The Hall–Kier alpha value is -1.82. The van der Waals surface area contributed by atoms with Gasteiger partial charge in [0.2, 0.25) is 0 Å². The fourth-order valence-corrected chi connectivity index (χ4v) is 3.47. The van der Waals surface area contributed by atoms with Crippen LogP contribution in [0, 0.1) is 0 Å². The van der Waals surface area contributed by atoms with Crippen molar-refractivity contribution in [1.29, 1.82) is 0 Å². The quantitative estimate of drug-likeness (QED) is 0.487. The van der Waals surface area contributed by atoms with Crippen molar-refractivity contribution in [2.45, 2.75) is 31.6 Å². The van der Waals surface area contributed by atoms with E-state index in [2.05, 4.69) is 54.6 Å². The smallest absolute Gasteiger partial charge is 0.0162 e. The molecule has 4 rings (SSSR count). The molecule has 3 aromatic rings. The molecule has 0 amide bonds. The first-order valence-corrected chi connectivity index (χ1v) is 7.33. The van der Waals surface area contributed by atoms with Gasteiger partial charge in [-0.3, -0.25) is 0 Å². The summed E-state index contributed by atoms with van der Waals surface area (Å²) in [6.45, 7) is 0. The van der Waals surface area contributed by atoms with Gasteiger partial charge >= 0.3 is 0 Å². The number of fused-ring (bicyclic) bond motifs is 2. The molecule has 19 heavy (non-hydrogen) atoms. The zero-order chi connectivity index (χ0) is 12.7. The second kappa shape index (κ2) is 4.38. The average Bonchev–Trinajstić information content (AvgIpc) is 2.98. The van der Waals surface area contributed by atoms with Gasteiger partial charge in [-0.25, -0.2) is 0 Å². The highest BCUT2D eigenvalue weighted by atomic mass is 14.2. The Kier molecular flexibility index (Phi) is 2.55. The summed E-state index contributed by atoms with van der Waals surface area (Å²) >= 11 is 0. The minimum Gasteiger partial charge on any atom is -0.0616 e. The number of hydrogen-bond acceptors (Lipinski definition) is 0. The van der Waals surface area contributed by atoms with Crippen LogP contribution in [0.3, 0.4) is 0 Å². The molecule has 1 saturated carbocycles. The molecule has 0 aliphatic heterocycles. The molecule has 0 unspecified atom stereocenters. The maximum atomic E-state index is 2.41. The molecule has 0 N–H and O–H groups in total. The third-order valence-electron chi connectivity index (χ3n) is 4.56. The standard InChI is InChI=1S/C19H18/c1-2-6-14(5-1)17-9-10-18-11-15-7-3-4-8-16(15)12-19(18)13-17/h3-4,7-14H,1-2,5-6H2. The maximum Gasteiger partial charge on any atom is -0.0162 e. The second-order valence-electron chi connectivity index (χ2n) is 5.79. The summed E-state index contributed by atoms with van der Waals surface area (Å²) in [6, 6.07) is 20.3. The number of hydrogen-bond donors (Lipinski definition) is 0. The molecule has 1 aliphatic rings. The molecule has 0 radical (unpaired) electrons. The van der Waals surface area contributed by atoms with Gasteiger partial charge in [0, 0.05) is 0 Å². The third kappa shape index (κ3) is 1.92. The van der Waals surface area contributed by atoms with Crippen LogP contribution in [-0.2, 0) is 0 Å². The van der Waals surface area contributed by atoms with Crippen LogP contribution in [0.5, 0.6) is 0 Å². The minimum atomic E-state index is 0.802. The highest BCUT2D eigenvalue weighted by molar-refractivity contribution is 5.98. The van der Waals surface area contributed by atoms with Crippen LogP contribution in [0.2, 0.25) is 0 Å². The lowest BCUT2D eigenvalue weighted by Gasteiger charge is -2.11. The third-order valence-corrected chi connectivity index (χ3v) is 4.56. The highest BCUT2D eigenvalue weighted by Gasteiger charge is 2.16. The van der Waals surface area contributed by atoms with Crippen LogP contribution in [0.1, 0.15) is 37.2 Å². The first-order chi connectivity index (χ1) is 9.40. The lowest BCUT2D eigenvalue weighted by atomic mass is 9.94. The van der Waals surface area contributed by atoms with Gasteiger partial charge in [0.25, 0.3) is 0 Å². The molecule has 0 aromatic heterocycles. The lowest BCUT2D eigenvalue weighted by Crippen LogP contribution is -1.91. The Morgan fingerprint density at radius 3 is 2.00 bits per heavy atom. The molecular weight excluding hydrogens is 228 g/mol. The normalized spacial score (nSPS) is 16.4. The zero-order valence-corrected chi connectivity index (χ0v) is 11.1. The van der Waals surface area contributed by atoms with Crippen LogP contribution in [0.4, 0.5) is 0 Å².